The molecule has 4 fully saturated rings. The lowest BCUT2D eigenvalue weighted by Crippen LogP contribution is -2.52. The van der Waals surface area contributed by atoms with Gasteiger partial charge < -0.3 is 20.0 Å². The maximum absolute atomic E-state index is 13.2. The molecule has 0 radical (unpaired) electrons. The lowest BCUT2D eigenvalue weighted by molar-refractivity contribution is -0.145. The minimum absolute atomic E-state index is 0.0331. The number of likely N-dealkylation sites (tertiary alicyclic amines) is 2. The SMILES string of the molecule is CC(=O)N1CCC[C@@H]1C(=O)N1CCC2(CC1)C[C@H](CCN1CCN(c3ccc(F)cc3)CC1)NC2=O. The first-order valence-electron chi connectivity index (χ1n) is 13.4. The molecular weight excluding hydrogens is 461 g/mol. The van der Waals surface area contributed by atoms with Crippen LogP contribution in [0.25, 0.3) is 0 Å². The molecule has 4 saturated heterocycles. The van der Waals surface area contributed by atoms with Crippen molar-refractivity contribution in [2.45, 2.75) is 57.5 Å². The molecule has 0 saturated carbocycles. The highest BCUT2D eigenvalue weighted by molar-refractivity contribution is 5.89. The van der Waals surface area contributed by atoms with E-state index in [2.05, 4.69) is 15.1 Å². The lowest BCUT2D eigenvalue weighted by atomic mass is 9.75. The van der Waals surface area contributed by atoms with Crippen LogP contribution in [0.1, 0.15) is 45.4 Å². The van der Waals surface area contributed by atoms with Gasteiger partial charge in [-0.3, -0.25) is 19.3 Å². The number of anilines is 1. The number of nitrogens with zero attached hydrogens (tertiary/aromatic N) is 4. The fourth-order valence-corrected chi connectivity index (χ4v) is 6.55. The van der Waals surface area contributed by atoms with Gasteiger partial charge in [0.15, 0.2) is 0 Å². The molecule has 8 nitrogen and oxygen atoms in total. The van der Waals surface area contributed by atoms with Crippen molar-refractivity contribution in [3.8, 4) is 0 Å². The summed E-state index contributed by atoms with van der Waals surface area (Å²) in [6.07, 6.45) is 4.78. The Labute approximate surface area is 212 Å². The first-order chi connectivity index (χ1) is 17.3. The molecule has 5 rings (SSSR count). The third kappa shape index (κ3) is 5.08. The summed E-state index contributed by atoms with van der Waals surface area (Å²) in [7, 11) is 0. The van der Waals surface area contributed by atoms with Gasteiger partial charge in [-0.05, 0) is 62.8 Å². The number of hydrogen-bond acceptors (Lipinski definition) is 5. The van der Waals surface area contributed by atoms with Crippen molar-refractivity contribution in [2.75, 3.05) is 57.3 Å². The van der Waals surface area contributed by atoms with Crippen LogP contribution in [0.3, 0.4) is 0 Å². The summed E-state index contributed by atoms with van der Waals surface area (Å²) in [4.78, 5) is 46.3. The van der Waals surface area contributed by atoms with Crippen molar-refractivity contribution >= 4 is 23.4 Å². The molecular formula is C27H38FN5O3. The Balaban J connectivity index is 1.07. The van der Waals surface area contributed by atoms with Crippen molar-refractivity contribution < 1.29 is 18.8 Å². The van der Waals surface area contributed by atoms with Gasteiger partial charge in [0.25, 0.3) is 0 Å². The number of piperazine rings is 1. The molecule has 0 aliphatic carbocycles. The summed E-state index contributed by atoms with van der Waals surface area (Å²) in [5.74, 6) is -0.0482. The Morgan fingerprint density at radius 3 is 2.39 bits per heavy atom. The second-order valence-electron chi connectivity index (χ2n) is 10.9. The zero-order valence-electron chi connectivity index (χ0n) is 21.3. The number of halogens is 1. The van der Waals surface area contributed by atoms with Crippen LogP contribution in [0.4, 0.5) is 10.1 Å². The number of carbonyl (C=O) groups excluding carboxylic acids is 3. The molecule has 4 aliphatic rings. The van der Waals surface area contributed by atoms with Crippen molar-refractivity contribution in [1.82, 2.24) is 20.0 Å². The molecule has 3 amide bonds. The molecule has 4 aliphatic heterocycles. The zero-order valence-corrected chi connectivity index (χ0v) is 21.3. The number of nitrogens with one attached hydrogen (secondary N) is 1. The van der Waals surface area contributed by atoms with Gasteiger partial charge in [0, 0.05) is 71.0 Å². The van der Waals surface area contributed by atoms with Crippen LogP contribution < -0.4 is 10.2 Å². The number of amides is 3. The zero-order chi connectivity index (χ0) is 25.3. The largest absolute Gasteiger partial charge is 0.369 e. The predicted octanol–water partition coefficient (Wildman–Crippen LogP) is 1.85. The van der Waals surface area contributed by atoms with E-state index in [9.17, 15) is 18.8 Å². The van der Waals surface area contributed by atoms with Gasteiger partial charge in [-0.1, -0.05) is 0 Å². The van der Waals surface area contributed by atoms with E-state index in [0.717, 1.165) is 64.1 Å². The molecule has 4 heterocycles. The second-order valence-corrected chi connectivity index (χ2v) is 10.9. The van der Waals surface area contributed by atoms with E-state index in [1.54, 1.807) is 4.90 Å². The third-order valence-corrected chi connectivity index (χ3v) is 8.79. The number of piperidine rings is 1. The van der Waals surface area contributed by atoms with Crippen LogP contribution >= 0.6 is 0 Å². The Kier molecular flexibility index (Phi) is 7.19. The van der Waals surface area contributed by atoms with Crippen LogP contribution in [0, 0.1) is 11.2 Å². The topological polar surface area (TPSA) is 76.2 Å². The third-order valence-electron chi connectivity index (χ3n) is 8.79. The van der Waals surface area contributed by atoms with Crippen molar-refractivity contribution in [3.05, 3.63) is 30.1 Å². The normalized spacial score (nSPS) is 26.5. The highest BCUT2D eigenvalue weighted by atomic mass is 19.1. The summed E-state index contributed by atoms with van der Waals surface area (Å²) in [6, 6.07) is 6.55. The minimum Gasteiger partial charge on any atom is -0.369 e. The Bertz CT molecular complexity index is 970. The molecule has 1 spiro atoms. The highest BCUT2D eigenvalue weighted by Gasteiger charge is 2.49. The Morgan fingerprint density at radius 2 is 1.72 bits per heavy atom. The number of benzene rings is 1. The molecule has 9 heteroatoms. The predicted molar refractivity (Wildman–Crippen MR) is 135 cm³/mol. The van der Waals surface area contributed by atoms with Crippen molar-refractivity contribution in [3.63, 3.8) is 0 Å². The first kappa shape index (κ1) is 25.0. The van der Waals surface area contributed by atoms with Crippen LogP contribution in [0.5, 0.6) is 0 Å². The fraction of sp³-hybridized carbons (Fsp3) is 0.667. The van der Waals surface area contributed by atoms with Gasteiger partial charge >= 0.3 is 0 Å². The molecule has 1 N–H and O–H groups in total. The van der Waals surface area contributed by atoms with Crippen LogP contribution in [-0.2, 0) is 14.4 Å². The summed E-state index contributed by atoms with van der Waals surface area (Å²) in [6.45, 7) is 8.07. The van der Waals surface area contributed by atoms with Gasteiger partial charge in [-0.25, -0.2) is 4.39 Å². The minimum atomic E-state index is -0.362. The van der Waals surface area contributed by atoms with E-state index >= 15 is 0 Å². The molecule has 196 valence electrons. The maximum Gasteiger partial charge on any atom is 0.245 e. The van der Waals surface area contributed by atoms with E-state index in [1.807, 2.05) is 17.0 Å². The molecule has 0 aromatic heterocycles. The summed E-state index contributed by atoms with van der Waals surface area (Å²) in [5, 5.41) is 3.25. The molecule has 36 heavy (non-hydrogen) atoms. The first-order valence-corrected chi connectivity index (χ1v) is 13.4. The second kappa shape index (κ2) is 10.4. The average molecular weight is 500 g/mol. The molecule has 2 atom stereocenters. The van der Waals surface area contributed by atoms with E-state index in [4.69, 9.17) is 0 Å². The standard InChI is InChI=1S/C27H38FN5O3/c1-20(34)33-11-2-3-24(33)25(35)32-13-9-27(10-14-32)19-22(29-26(27)36)8-12-30-15-17-31(18-16-30)23-6-4-21(28)5-7-23/h4-7,22,24H,2-3,8-19H2,1H3,(H,29,36)/t22-,24+/m0/s1. The maximum atomic E-state index is 13.2. The summed E-state index contributed by atoms with van der Waals surface area (Å²) in [5.41, 5.74) is 0.700. The quantitative estimate of drug-likeness (QED) is 0.669. The number of hydrogen-bond donors (Lipinski definition) is 1. The van der Waals surface area contributed by atoms with Crippen molar-refractivity contribution in [1.29, 1.82) is 0 Å². The van der Waals surface area contributed by atoms with E-state index in [-0.39, 0.29) is 41.0 Å². The fourth-order valence-electron chi connectivity index (χ4n) is 6.55. The highest BCUT2D eigenvalue weighted by Crippen LogP contribution is 2.41. The molecule has 0 bridgehead atoms. The van der Waals surface area contributed by atoms with Gasteiger partial charge in [0.05, 0.1) is 5.41 Å². The van der Waals surface area contributed by atoms with Gasteiger partial charge in [0.2, 0.25) is 17.7 Å². The van der Waals surface area contributed by atoms with E-state index in [0.29, 0.717) is 32.5 Å². The number of rotatable bonds is 5. The Morgan fingerprint density at radius 1 is 1.03 bits per heavy atom. The number of carbonyl (C=O) groups is 3. The van der Waals surface area contributed by atoms with Crippen LogP contribution in [0.2, 0.25) is 0 Å². The smallest absolute Gasteiger partial charge is 0.245 e. The summed E-state index contributed by atoms with van der Waals surface area (Å²) >= 11 is 0. The average Bonchev–Trinajstić information content (AvgIpc) is 3.49. The van der Waals surface area contributed by atoms with Gasteiger partial charge in [-0.15, -0.1) is 0 Å². The van der Waals surface area contributed by atoms with E-state index < -0.39 is 0 Å². The summed E-state index contributed by atoms with van der Waals surface area (Å²) < 4.78 is 13.2. The molecule has 0 unspecified atom stereocenters. The van der Waals surface area contributed by atoms with Gasteiger partial charge in [0.1, 0.15) is 11.9 Å². The van der Waals surface area contributed by atoms with Crippen LogP contribution in [0.15, 0.2) is 24.3 Å². The molecule has 1 aromatic rings. The Hall–Kier alpha value is -2.68. The van der Waals surface area contributed by atoms with Crippen molar-refractivity contribution in [2.24, 2.45) is 5.41 Å². The lowest BCUT2D eigenvalue weighted by Gasteiger charge is -2.39. The van der Waals surface area contributed by atoms with E-state index in [1.165, 1.54) is 19.1 Å². The van der Waals surface area contributed by atoms with Gasteiger partial charge in [-0.2, -0.15) is 0 Å². The van der Waals surface area contributed by atoms with Crippen LogP contribution in [-0.4, -0.2) is 96.9 Å². The monoisotopic (exact) mass is 499 g/mol. The molecule has 1 aromatic carbocycles.